The van der Waals surface area contributed by atoms with Gasteiger partial charge in [0.2, 0.25) is 0 Å². The molecule has 1 aliphatic rings. The van der Waals surface area contributed by atoms with E-state index in [1.165, 1.54) is 7.11 Å². The van der Waals surface area contributed by atoms with E-state index in [1.807, 2.05) is 54.4 Å². The molecule has 2 aromatic rings. The number of rotatable bonds is 5. The summed E-state index contributed by atoms with van der Waals surface area (Å²) in [6.07, 6.45) is 5.89. The van der Waals surface area contributed by atoms with Crippen LogP contribution < -0.4 is 0 Å². The zero-order chi connectivity index (χ0) is 17.8. The van der Waals surface area contributed by atoms with Gasteiger partial charge in [0.05, 0.1) is 18.7 Å². The molecule has 0 aliphatic carbocycles. The second-order valence-electron chi connectivity index (χ2n) is 6.11. The second-order valence-corrected chi connectivity index (χ2v) is 6.11. The van der Waals surface area contributed by atoms with Crippen molar-refractivity contribution in [3.05, 3.63) is 76.9 Å². The number of hydrogen-bond donors (Lipinski definition) is 0. The Labute approximate surface area is 147 Å². The first-order valence-corrected chi connectivity index (χ1v) is 8.33. The zero-order valence-electron chi connectivity index (χ0n) is 14.4. The van der Waals surface area contributed by atoms with Crippen LogP contribution in [0.3, 0.4) is 0 Å². The van der Waals surface area contributed by atoms with Crippen LogP contribution in [0, 0.1) is 0 Å². The molecule has 1 atom stereocenters. The standard InChI is InChI=1S/C21H21NO3/c1-22-19(17-8-4-5-9-18(17)20(22)23)10-6-3-7-15-11-13-16(14-12-15)21(24)25-2/h3-5,7-9,11-14,19H,6,10H2,1-2H3. The first kappa shape index (κ1) is 17.0. The summed E-state index contributed by atoms with van der Waals surface area (Å²) in [5, 5.41) is 0. The largest absolute Gasteiger partial charge is 0.465 e. The van der Waals surface area contributed by atoms with Crippen molar-refractivity contribution >= 4 is 18.0 Å². The minimum Gasteiger partial charge on any atom is -0.465 e. The zero-order valence-corrected chi connectivity index (χ0v) is 14.4. The van der Waals surface area contributed by atoms with Gasteiger partial charge in [0.1, 0.15) is 0 Å². The Morgan fingerprint density at radius 3 is 2.60 bits per heavy atom. The molecule has 4 nitrogen and oxygen atoms in total. The Bertz CT molecular complexity index is 808. The molecule has 1 amide bonds. The fourth-order valence-corrected chi connectivity index (χ4v) is 3.19. The number of fused-ring (bicyclic) bond motifs is 1. The number of carbonyl (C=O) groups excluding carboxylic acids is 2. The lowest BCUT2D eigenvalue weighted by atomic mass is 10.0. The molecule has 0 spiro atoms. The van der Waals surface area contributed by atoms with Crippen LogP contribution in [0.1, 0.15) is 50.7 Å². The summed E-state index contributed by atoms with van der Waals surface area (Å²) in [4.78, 5) is 25.5. The highest BCUT2D eigenvalue weighted by molar-refractivity contribution is 5.99. The molecule has 0 radical (unpaired) electrons. The normalized spacial score (nSPS) is 16.3. The highest BCUT2D eigenvalue weighted by Gasteiger charge is 2.32. The third kappa shape index (κ3) is 3.48. The topological polar surface area (TPSA) is 46.6 Å². The van der Waals surface area contributed by atoms with Crippen molar-refractivity contribution in [1.82, 2.24) is 4.90 Å². The van der Waals surface area contributed by atoms with Crippen LogP contribution in [-0.4, -0.2) is 30.9 Å². The van der Waals surface area contributed by atoms with Gasteiger partial charge in [-0.3, -0.25) is 4.79 Å². The highest BCUT2D eigenvalue weighted by atomic mass is 16.5. The third-order valence-corrected chi connectivity index (χ3v) is 4.59. The Morgan fingerprint density at radius 1 is 1.16 bits per heavy atom. The monoisotopic (exact) mass is 335 g/mol. The Morgan fingerprint density at radius 2 is 1.88 bits per heavy atom. The van der Waals surface area contributed by atoms with Crippen LogP contribution in [0.5, 0.6) is 0 Å². The lowest BCUT2D eigenvalue weighted by molar-refractivity contribution is 0.0600. The number of allylic oxidation sites excluding steroid dienone is 1. The van der Waals surface area contributed by atoms with Gasteiger partial charge < -0.3 is 9.64 Å². The number of benzene rings is 2. The van der Waals surface area contributed by atoms with Crippen molar-refractivity contribution < 1.29 is 14.3 Å². The Balaban J connectivity index is 1.60. The van der Waals surface area contributed by atoms with Gasteiger partial charge in [-0.2, -0.15) is 0 Å². The molecule has 25 heavy (non-hydrogen) atoms. The predicted octanol–water partition coefficient (Wildman–Crippen LogP) is 4.09. The smallest absolute Gasteiger partial charge is 0.337 e. The van der Waals surface area contributed by atoms with Crippen LogP contribution >= 0.6 is 0 Å². The maximum Gasteiger partial charge on any atom is 0.337 e. The van der Waals surface area contributed by atoms with E-state index < -0.39 is 0 Å². The molecule has 0 saturated heterocycles. The highest BCUT2D eigenvalue weighted by Crippen LogP contribution is 2.35. The number of nitrogens with zero attached hydrogens (tertiary/aromatic N) is 1. The summed E-state index contributed by atoms with van der Waals surface area (Å²) >= 11 is 0. The van der Waals surface area contributed by atoms with Gasteiger partial charge >= 0.3 is 5.97 Å². The molecule has 0 bridgehead atoms. The van der Waals surface area contributed by atoms with Crippen molar-refractivity contribution in [1.29, 1.82) is 0 Å². The molecule has 1 unspecified atom stereocenters. The third-order valence-electron chi connectivity index (χ3n) is 4.59. The maximum atomic E-state index is 12.2. The molecule has 1 aliphatic heterocycles. The lowest BCUT2D eigenvalue weighted by Gasteiger charge is -2.19. The van der Waals surface area contributed by atoms with Crippen LogP contribution in [0.4, 0.5) is 0 Å². The summed E-state index contributed by atoms with van der Waals surface area (Å²) in [5.74, 6) is -0.230. The van der Waals surface area contributed by atoms with Crippen LogP contribution in [-0.2, 0) is 4.74 Å². The van der Waals surface area contributed by atoms with E-state index >= 15 is 0 Å². The number of hydrogen-bond acceptors (Lipinski definition) is 3. The molecule has 3 rings (SSSR count). The average Bonchev–Trinajstić information content (AvgIpc) is 2.90. The van der Waals surface area contributed by atoms with Crippen molar-refractivity contribution in [3.63, 3.8) is 0 Å². The first-order valence-electron chi connectivity index (χ1n) is 8.33. The minimum absolute atomic E-state index is 0.1000. The number of methoxy groups -OCH3 is 1. The molecule has 0 aromatic heterocycles. The SMILES string of the molecule is COC(=O)c1ccc(C=CCCC2c3ccccc3C(=O)N2C)cc1. The summed E-state index contributed by atoms with van der Waals surface area (Å²) < 4.78 is 4.69. The predicted molar refractivity (Wildman–Crippen MR) is 97.3 cm³/mol. The number of amides is 1. The lowest BCUT2D eigenvalue weighted by Crippen LogP contribution is -2.22. The Hall–Kier alpha value is -2.88. The van der Waals surface area contributed by atoms with Crippen molar-refractivity contribution in [2.75, 3.05) is 14.2 Å². The van der Waals surface area contributed by atoms with Crippen molar-refractivity contribution in [2.24, 2.45) is 0 Å². The average molecular weight is 335 g/mol. The molecule has 2 aromatic carbocycles. The summed E-state index contributed by atoms with van der Waals surface area (Å²) in [5.41, 5.74) is 3.51. The van der Waals surface area contributed by atoms with E-state index in [2.05, 4.69) is 10.8 Å². The molecule has 0 fully saturated rings. The minimum atomic E-state index is -0.330. The van der Waals surface area contributed by atoms with Gasteiger partial charge in [0, 0.05) is 12.6 Å². The Kier molecular flexibility index (Phi) is 4.98. The van der Waals surface area contributed by atoms with Gasteiger partial charge in [-0.25, -0.2) is 4.79 Å². The van der Waals surface area contributed by atoms with Crippen molar-refractivity contribution in [2.45, 2.75) is 18.9 Å². The number of esters is 1. The fourth-order valence-electron chi connectivity index (χ4n) is 3.19. The molecule has 4 heteroatoms. The van der Waals surface area contributed by atoms with E-state index in [0.29, 0.717) is 5.56 Å². The van der Waals surface area contributed by atoms with Crippen LogP contribution in [0.15, 0.2) is 54.6 Å². The van der Waals surface area contributed by atoms with E-state index in [0.717, 1.165) is 29.5 Å². The summed E-state index contributed by atoms with van der Waals surface area (Å²) in [6.45, 7) is 0. The van der Waals surface area contributed by atoms with Crippen LogP contribution in [0.2, 0.25) is 0 Å². The first-order chi connectivity index (χ1) is 12.1. The number of ether oxygens (including phenoxy) is 1. The van der Waals surface area contributed by atoms with Gasteiger partial charge in [-0.1, -0.05) is 42.5 Å². The van der Waals surface area contributed by atoms with Gasteiger partial charge in [0.15, 0.2) is 0 Å². The molecule has 128 valence electrons. The van der Waals surface area contributed by atoms with E-state index in [1.54, 1.807) is 12.1 Å². The molecular formula is C21H21NO3. The van der Waals surface area contributed by atoms with Crippen LogP contribution in [0.25, 0.3) is 6.08 Å². The van der Waals surface area contributed by atoms with E-state index in [4.69, 9.17) is 0 Å². The summed E-state index contributed by atoms with van der Waals surface area (Å²) in [6, 6.07) is 15.3. The van der Waals surface area contributed by atoms with Gasteiger partial charge in [-0.15, -0.1) is 0 Å². The van der Waals surface area contributed by atoms with Crippen molar-refractivity contribution in [3.8, 4) is 0 Å². The van der Waals surface area contributed by atoms with E-state index in [9.17, 15) is 9.59 Å². The molecule has 0 N–H and O–H groups in total. The number of carbonyl (C=O) groups is 2. The summed E-state index contributed by atoms with van der Waals surface area (Å²) in [7, 11) is 3.24. The van der Waals surface area contributed by atoms with E-state index in [-0.39, 0.29) is 17.9 Å². The second kappa shape index (κ2) is 7.34. The quantitative estimate of drug-likeness (QED) is 0.773. The maximum absolute atomic E-state index is 12.2. The van der Waals surface area contributed by atoms with Gasteiger partial charge in [-0.05, 0) is 42.2 Å². The molecule has 0 saturated carbocycles. The molecule has 1 heterocycles. The molecular weight excluding hydrogens is 314 g/mol. The van der Waals surface area contributed by atoms with Gasteiger partial charge in [0.25, 0.3) is 5.91 Å². The fraction of sp³-hybridized carbons (Fsp3) is 0.238.